The number of amides is 2. The van der Waals surface area contributed by atoms with E-state index in [1.165, 1.54) is 24.5 Å². The number of rotatable bonds is 1. The molecule has 0 spiro atoms. The first-order chi connectivity index (χ1) is 9.09. The predicted octanol–water partition coefficient (Wildman–Crippen LogP) is 2.07. The highest BCUT2D eigenvalue weighted by Gasteiger charge is 2.39. The third-order valence-electron chi connectivity index (χ3n) is 2.67. The summed E-state index contributed by atoms with van der Waals surface area (Å²) in [7, 11) is 0. The number of halogens is 2. The van der Waals surface area contributed by atoms with Crippen LogP contribution in [0.15, 0.2) is 30.6 Å². The predicted molar refractivity (Wildman–Crippen MR) is 64.6 cm³/mol. The minimum absolute atomic E-state index is 0.0204. The van der Waals surface area contributed by atoms with Gasteiger partial charge >= 0.3 is 0 Å². The van der Waals surface area contributed by atoms with Gasteiger partial charge in [-0.1, -0.05) is 11.6 Å². The Hall–Kier alpha value is -2.34. The average Bonchev–Trinajstić information content (AvgIpc) is 2.66. The minimum Gasteiger partial charge on any atom is -0.266 e. The zero-order chi connectivity index (χ0) is 13.6. The zero-order valence-electron chi connectivity index (χ0n) is 9.30. The number of anilines is 1. The van der Waals surface area contributed by atoms with Crippen molar-refractivity contribution < 1.29 is 14.0 Å². The molecule has 0 N–H and O–H groups in total. The van der Waals surface area contributed by atoms with E-state index in [9.17, 15) is 14.0 Å². The lowest BCUT2D eigenvalue weighted by molar-refractivity contribution is 0.0923. The third kappa shape index (κ3) is 1.68. The first-order valence-electron chi connectivity index (χ1n) is 5.24. The lowest BCUT2D eigenvalue weighted by atomic mass is 10.3. The molecule has 2 amide bonds. The van der Waals surface area contributed by atoms with Crippen LogP contribution in [0.1, 0.15) is 21.0 Å². The van der Waals surface area contributed by atoms with Gasteiger partial charge in [0.2, 0.25) is 0 Å². The maximum atomic E-state index is 13.1. The van der Waals surface area contributed by atoms with Crippen LogP contribution < -0.4 is 4.90 Å². The van der Waals surface area contributed by atoms with Gasteiger partial charge in [0.1, 0.15) is 5.82 Å². The van der Waals surface area contributed by atoms with Crippen molar-refractivity contribution in [2.45, 2.75) is 0 Å². The molecule has 0 aliphatic carbocycles. The fourth-order valence-electron chi connectivity index (χ4n) is 1.81. The fourth-order valence-corrected chi connectivity index (χ4v) is 1.99. The van der Waals surface area contributed by atoms with E-state index in [4.69, 9.17) is 11.6 Å². The van der Waals surface area contributed by atoms with Gasteiger partial charge in [0.15, 0.2) is 11.4 Å². The number of nitrogens with zero attached hydrogens (tertiary/aromatic N) is 3. The quantitative estimate of drug-likeness (QED) is 0.749. The van der Waals surface area contributed by atoms with E-state index in [1.807, 2.05) is 0 Å². The second-order valence-corrected chi connectivity index (χ2v) is 4.20. The summed E-state index contributed by atoms with van der Waals surface area (Å²) < 4.78 is 13.1. The molecule has 0 atom stereocenters. The molecule has 0 unspecified atom stereocenters. The van der Waals surface area contributed by atoms with E-state index in [2.05, 4.69) is 9.97 Å². The maximum absolute atomic E-state index is 13.1. The molecule has 1 aromatic carbocycles. The number of carbonyl (C=O) groups excluding carboxylic acids is 2. The Kier molecular flexibility index (Phi) is 2.53. The number of fused-ring (bicyclic) bond motifs is 1. The van der Waals surface area contributed by atoms with Gasteiger partial charge in [-0.05, 0) is 18.2 Å². The molecule has 2 heterocycles. The molecule has 1 aliphatic heterocycles. The van der Waals surface area contributed by atoms with Crippen molar-refractivity contribution in [2.75, 3.05) is 4.90 Å². The molecule has 7 heteroatoms. The standard InChI is InChI=1S/C12H5ClFN3O2/c13-7-5-6(1-2-8(7)14)17-11(18)9-10(12(17)19)16-4-3-15-9/h1-5H. The molecule has 1 aromatic heterocycles. The third-order valence-corrected chi connectivity index (χ3v) is 2.96. The summed E-state index contributed by atoms with van der Waals surface area (Å²) in [5.41, 5.74) is 0.141. The van der Waals surface area contributed by atoms with E-state index in [0.29, 0.717) is 0 Å². The Morgan fingerprint density at radius 2 is 1.63 bits per heavy atom. The second kappa shape index (κ2) is 4.10. The summed E-state index contributed by atoms with van der Waals surface area (Å²) >= 11 is 5.64. The van der Waals surface area contributed by atoms with Gasteiger partial charge in [0.25, 0.3) is 11.8 Å². The molecule has 5 nitrogen and oxygen atoms in total. The summed E-state index contributed by atoms with van der Waals surface area (Å²) in [5.74, 6) is -1.83. The second-order valence-electron chi connectivity index (χ2n) is 3.80. The van der Waals surface area contributed by atoms with Gasteiger partial charge < -0.3 is 0 Å². The number of hydrogen-bond donors (Lipinski definition) is 0. The van der Waals surface area contributed by atoms with Crippen LogP contribution in [0.5, 0.6) is 0 Å². The van der Waals surface area contributed by atoms with Crippen molar-refractivity contribution in [1.29, 1.82) is 0 Å². The molecule has 94 valence electrons. The van der Waals surface area contributed by atoms with Crippen molar-refractivity contribution in [3.63, 3.8) is 0 Å². The van der Waals surface area contributed by atoms with Crippen LogP contribution in [0.25, 0.3) is 0 Å². The van der Waals surface area contributed by atoms with Gasteiger partial charge in [-0.25, -0.2) is 19.3 Å². The highest BCUT2D eigenvalue weighted by Crippen LogP contribution is 2.28. The molecule has 3 rings (SSSR count). The first kappa shape index (κ1) is 11.7. The molecular weight excluding hydrogens is 273 g/mol. The number of carbonyl (C=O) groups is 2. The van der Waals surface area contributed by atoms with Crippen molar-refractivity contribution in [2.24, 2.45) is 0 Å². The van der Waals surface area contributed by atoms with Crippen LogP contribution in [-0.4, -0.2) is 21.8 Å². The van der Waals surface area contributed by atoms with Crippen molar-refractivity contribution in [3.8, 4) is 0 Å². The van der Waals surface area contributed by atoms with E-state index >= 15 is 0 Å². The molecular formula is C12H5ClFN3O2. The summed E-state index contributed by atoms with van der Waals surface area (Å²) in [4.78, 5) is 32.7. The lowest BCUT2D eigenvalue weighted by Crippen LogP contribution is -2.29. The summed E-state index contributed by atoms with van der Waals surface area (Å²) in [6.45, 7) is 0. The smallest absolute Gasteiger partial charge is 0.266 e. The number of benzene rings is 1. The van der Waals surface area contributed by atoms with Crippen LogP contribution in [0.2, 0.25) is 5.02 Å². The number of imide groups is 1. The van der Waals surface area contributed by atoms with Crippen LogP contribution >= 0.6 is 11.6 Å². The number of aromatic nitrogens is 2. The van der Waals surface area contributed by atoms with E-state index in [0.717, 1.165) is 11.0 Å². The molecule has 1 aliphatic rings. The highest BCUT2D eigenvalue weighted by molar-refractivity contribution is 6.34. The Morgan fingerprint density at radius 1 is 1.05 bits per heavy atom. The average molecular weight is 278 g/mol. The zero-order valence-corrected chi connectivity index (χ0v) is 10.1. The van der Waals surface area contributed by atoms with Crippen LogP contribution in [0, 0.1) is 5.82 Å². The summed E-state index contributed by atoms with van der Waals surface area (Å²) in [6, 6.07) is 3.59. The van der Waals surface area contributed by atoms with Gasteiger partial charge in [0, 0.05) is 12.4 Å². The van der Waals surface area contributed by atoms with Crippen molar-refractivity contribution in [3.05, 3.63) is 52.8 Å². The largest absolute Gasteiger partial charge is 0.286 e. The van der Waals surface area contributed by atoms with Gasteiger partial charge in [-0.3, -0.25) is 9.59 Å². The summed E-state index contributed by atoms with van der Waals surface area (Å²) in [5, 5.41) is -0.171. The van der Waals surface area contributed by atoms with Crippen LogP contribution in [0.4, 0.5) is 10.1 Å². The van der Waals surface area contributed by atoms with Crippen LogP contribution in [-0.2, 0) is 0 Å². The Bertz CT molecular complexity index is 685. The van der Waals surface area contributed by atoms with Crippen molar-refractivity contribution in [1.82, 2.24) is 9.97 Å². The molecule has 2 aromatic rings. The molecule has 0 radical (unpaired) electrons. The van der Waals surface area contributed by atoms with E-state index in [1.54, 1.807) is 0 Å². The van der Waals surface area contributed by atoms with Gasteiger partial charge in [0.05, 0.1) is 10.7 Å². The van der Waals surface area contributed by atoms with Gasteiger partial charge in [-0.15, -0.1) is 0 Å². The number of hydrogen-bond acceptors (Lipinski definition) is 4. The lowest BCUT2D eigenvalue weighted by Gasteiger charge is -2.13. The topological polar surface area (TPSA) is 63.2 Å². The molecule has 0 bridgehead atoms. The first-order valence-corrected chi connectivity index (χ1v) is 5.62. The maximum Gasteiger partial charge on any atom is 0.286 e. The summed E-state index contributed by atoms with van der Waals surface area (Å²) in [6.07, 6.45) is 2.65. The fraction of sp³-hybridized carbons (Fsp3) is 0. The Morgan fingerprint density at radius 3 is 2.16 bits per heavy atom. The minimum atomic E-state index is -0.627. The molecule has 0 fully saturated rings. The Balaban J connectivity index is 2.11. The van der Waals surface area contributed by atoms with Crippen LogP contribution in [0.3, 0.4) is 0 Å². The van der Waals surface area contributed by atoms with E-state index < -0.39 is 17.6 Å². The van der Waals surface area contributed by atoms with Gasteiger partial charge in [-0.2, -0.15) is 0 Å². The van der Waals surface area contributed by atoms with Crippen molar-refractivity contribution >= 4 is 29.1 Å². The molecule has 0 saturated heterocycles. The Labute approximate surface area is 111 Å². The monoisotopic (exact) mass is 277 g/mol. The van der Waals surface area contributed by atoms with E-state index in [-0.39, 0.29) is 22.1 Å². The highest BCUT2D eigenvalue weighted by atomic mass is 35.5. The SMILES string of the molecule is O=C1c2nccnc2C(=O)N1c1ccc(F)c(Cl)c1. The molecule has 0 saturated carbocycles. The molecule has 19 heavy (non-hydrogen) atoms. The normalized spacial score (nSPS) is 13.9.